The largest absolute Gasteiger partial charge is 0.444 e. The van der Waals surface area contributed by atoms with E-state index in [0.717, 1.165) is 6.07 Å². The molecule has 0 radical (unpaired) electrons. The first-order valence-corrected chi connectivity index (χ1v) is 8.22. The van der Waals surface area contributed by atoms with Crippen molar-refractivity contribution in [2.45, 2.75) is 39.3 Å². The van der Waals surface area contributed by atoms with Crippen LogP contribution < -0.4 is 0 Å². The maximum absolute atomic E-state index is 14.6. The minimum absolute atomic E-state index is 0.0586. The van der Waals surface area contributed by atoms with Crippen molar-refractivity contribution in [3.8, 4) is 11.3 Å². The molecule has 1 amide bonds. The third-order valence-corrected chi connectivity index (χ3v) is 3.96. The molecule has 2 aromatic rings. The number of aromatic nitrogens is 3. The van der Waals surface area contributed by atoms with Crippen LogP contribution in [0.5, 0.6) is 0 Å². The summed E-state index contributed by atoms with van der Waals surface area (Å²) >= 11 is 0. The number of amides is 1. The lowest BCUT2D eigenvalue weighted by Crippen LogP contribution is -2.36. The average Bonchev–Trinajstić information content (AvgIpc) is 2.93. The van der Waals surface area contributed by atoms with Crippen LogP contribution in [0.2, 0.25) is 0 Å². The number of nitro benzene ring substituents is 1. The van der Waals surface area contributed by atoms with Crippen LogP contribution in [0, 0.1) is 15.9 Å². The summed E-state index contributed by atoms with van der Waals surface area (Å²) < 4.78 is 21.4. The summed E-state index contributed by atoms with van der Waals surface area (Å²) in [4.78, 5) is 23.9. The van der Waals surface area contributed by atoms with E-state index >= 15 is 0 Å². The molecule has 0 aliphatic heterocycles. The van der Waals surface area contributed by atoms with Crippen molar-refractivity contribution < 1.29 is 18.8 Å². The van der Waals surface area contributed by atoms with E-state index in [9.17, 15) is 19.3 Å². The Kier molecular flexibility index (Phi) is 5.48. The number of carbonyl (C=O) groups is 1. The van der Waals surface area contributed by atoms with Gasteiger partial charge in [-0.3, -0.25) is 10.1 Å². The Labute approximate surface area is 155 Å². The third kappa shape index (κ3) is 4.21. The molecule has 10 heteroatoms. The zero-order valence-corrected chi connectivity index (χ0v) is 16.1. The van der Waals surface area contributed by atoms with Crippen molar-refractivity contribution in [1.29, 1.82) is 0 Å². The molecular weight excluding hydrogens is 357 g/mol. The number of hydrogen-bond donors (Lipinski definition) is 0. The van der Waals surface area contributed by atoms with Crippen LogP contribution in [0.15, 0.2) is 18.2 Å². The van der Waals surface area contributed by atoms with Crippen LogP contribution in [0.4, 0.5) is 14.9 Å². The van der Waals surface area contributed by atoms with E-state index < -0.39 is 34.2 Å². The number of halogens is 1. The molecular formula is C17H22FN5O4. The molecule has 0 bridgehead atoms. The number of rotatable bonds is 4. The Bertz CT molecular complexity index is 875. The second kappa shape index (κ2) is 7.29. The Hall–Kier alpha value is -3.04. The quantitative estimate of drug-likeness (QED) is 0.595. The van der Waals surface area contributed by atoms with Crippen molar-refractivity contribution in [1.82, 2.24) is 19.9 Å². The summed E-state index contributed by atoms with van der Waals surface area (Å²) in [6, 6.07) is 3.26. The fourth-order valence-electron chi connectivity index (χ4n) is 2.54. The standard InChI is InChI=1S/C17H22FN5O4/c1-10(21(5)16(24)27-17(2,3)4)15-14(19-20-22(15)6)11-8-7-9-12(13(11)18)23(25)26/h7-10H,1-6H3. The molecule has 0 aliphatic rings. The minimum Gasteiger partial charge on any atom is -0.444 e. The van der Waals surface area contributed by atoms with Gasteiger partial charge in [-0.15, -0.1) is 5.10 Å². The predicted molar refractivity (Wildman–Crippen MR) is 95.5 cm³/mol. The van der Waals surface area contributed by atoms with Gasteiger partial charge in [-0.2, -0.15) is 4.39 Å². The molecule has 0 fully saturated rings. The summed E-state index contributed by atoms with van der Waals surface area (Å²) in [6.07, 6.45) is -0.568. The van der Waals surface area contributed by atoms with Crippen LogP contribution in [0.25, 0.3) is 11.3 Å². The summed E-state index contributed by atoms with van der Waals surface area (Å²) in [5.74, 6) is -1.00. The van der Waals surface area contributed by atoms with Gasteiger partial charge >= 0.3 is 11.8 Å². The van der Waals surface area contributed by atoms with Gasteiger partial charge in [-0.1, -0.05) is 11.3 Å². The van der Waals surface area contributed by atoms with E-state index in [1.54, 1.807) is 41.8 Å². The van der Waals surface area contributed by atoms with Gasteiger partial charge in [-0.05, 0) is 33.8 Å². The van der Waals surface area contributed by atoms with Crippen LogP contribution in [-0.4, -0.2) is 43.6 Å². The maximum Gasteiger partial charge on any atom is 0.410 e. The molecule has 0 saturated carbocycles. The maximum atomic E-state index is 14.6. The number of hydrogen-bond acceptors (Lipinski definition) is 6. The van der Waals surface area contributed by atoms with Gasteiger partial charge in [0.2, 0.25) is 5.82 Å². The second-order valence-corrected chi connectivity index (χ2v) is 7.11. The lowest BCUT2D eigenvalue weighted by molar-refractivity contribution is -0.387. The van der Waals surface area contributed by atoms with Crippen LogP contribution >= 0.6 is 0 Å². The lowest BCUT2D eigenvalue weighted by Gasteiger charge is -2.29. The molecule has 146 valence electrons. The Morgan fingerprint density at radius 2 is 2.04 bits per heavy atom. The van der Waals surface area contributed by atoms with Crippen LogP contribution in [0.1, 0.15) is 39.4 Å². The van der Waals surface area contributed by atoms with E-state index in [-0.39, 0.29) is 11.3 Å². The Morgan fingerprint density at radius 1 is 1.41 bits per heavy atom. The van der Waals surface area contributed by atoms with Crippen molar-refractivity contribution in [3.63, 3.8) is 0 Å². The predicted octanol–water partition coefficient (Wildman–Crippen LogP) is 3.46. The van der Waals surface area contributed by atoms with Gasteiger partial charge in [-0.25, -0.2) is 9.48 Å². The highest BCUT2D eigenvalue weighted by Crippen LogP contribution is 2.33. The number of aryl methyl sites for hydroxylation is 1. The lowest BCUT2D eigenvalue weighted by atomic mass is 10.0. The molecule has 1 atom stereocenters. The number of nitrogens with zero attached hydrogens (tertiary/aromatic N) is 5. The molecule has 0 spiro atoms. The van der Waals surface area contributed by atoms with Crippen LogP contribution in [-0.2, 0) is 11.8 Å². The molecule has 2 rings (SSSR count). The number of carbonyl (C=O) groups excluding carboxylic acids is 1. The topological polar surface area (TPSA) is 103 Å². The highest BCUT2D eigenvalue weighted by molar-refractivity contribution is 5.70. The van der Waals surface area contributed by atoms with Gasteiger partial charge in [0, 0.05) is 25.7 Å². The SMILES string of the molecule is CC(c1c(-c2cccc([N+](=O)[O-])c2F)nnn1C)N(C)C(=O)OC(C)(C)C. The molecule has 1 unspecified atom stereocenters. The van der Waals surface area contributed by atoms with E-state index in [2.05, 4.69) is 10.3 Å². The van der Waals surface area contributed by atoms with Crippen molar-refractivity contribution in [3.05, 3.63) is 39.8 Å². The summed E-state index contributed by atoms with van der Waals surface area (Å²) in [5.41, 5.74) is -0.844. The molecule has 27 heavy (non-hydrogen) atoms. The first-order valence-electron chi connectivity index (χ1n) is 8.22. The fraction of sp³-hybridized carbons (Fsp3) is 0.471. The van der Waals surface area contributed by atoms with E-state index in [4.69, 9.17) is 4.74 Å². The monoisotopic (exact) mass is 379 g/mol. The molecule has 9 nitrogen and oxygen atoms in total. The van der Waals surface area contributed by atoms with Gasteiger partial charge in [0.1, 0.15) is 11.3 Å². The van der Waals surface area contributed by atoms with Crippen molar-refractivity contribution >= 4 is 11.8 Å². The molecule has 1 heterocycles. The first kappa shape index (κ1) is 20.3. The molecule has 0 aliphatic carbocycles. The van der Waals surface area contributed by atoms with Gasteiger partial charge < -0.3 is 9.64 Å². The zero-order valence-electron chi connectivity index (χ0n) is 16.1. The zero-order chi connectivity index (χ0) is 20.5. The highest BCUT2D eigenvalue weighted by atomic mass is 19.1. The van der Waals surface area contributed by atoms with Gasteiger partial charge in [0.05, 0.1) is 16.7 Å². The molecule has 0 saturated heterocycles. The van der Waals surface area contributed by atoms with Crippen LogP contribution in [0.3, 0.4) is 0 Å². The van der Waals surface area contributed by atoms with Crippen molar-refractivity contribution in [2.24, 2.45) is 7.05 Å². The number of nitro groups is 1. The Balaban J connectivity index is 2.47. The third-order valence-electron chi connectivity index (χ3n) is 3.96. The first-order chi connectivity index (χ1) is 12.4. The number of ether oxygens (including phenoxy) is 1. The van der Waals surface area contributed by atoms with Gasteiger partial charge in [0.25, 0.3) is 0 Å². The average molecular weight is 379 g/mol. The number of benzene rings is 1. The normalized spacial score (nSPS) is 12.6. The smallest absolute Gasteiger partial charge is 0.410 e. The Morgan fingerprint density at radius 3 is 2.59 bits per heavy atom. The molecule has 0 N–H and O–H groups in total. The van der Waals surface area contributed by atoms with E-state index in [0.29, 0.717) is 5.69 Å². The summed E-state index contributed by atoms with van der Waals surface area (Å²) in [5, 5.41) is 18.9. The molecule has 1 aromatic heterocycles. The van der Waals surface area contributed by atoms with Crippen molar-refractivity contribution in [2.75, 3.05) is 7.05 Å². The molecule has 1 aromatic carbocycles. The fourth-order valence-corrected chi connectivity index (χ4v) is 2.54. The van der Waals surface area contributed by atoms with E-state index in [1.807, 2.05) is 0 Å². The summed E-state index contributed by atoms with van der Waals surface area (Å²) in [7, 11) is 3.14. The second-order valence-electron chi connectivity index (χ2n) is 7.11. The van der Waals surface area contributed by atoms with Gasteiger partial charge in [0.15, 0.2) is 0 Å². The highest BCUT2D eigenvalue weighted by Gasteiger charge is 2.30. The summed E-state index contributed by atoms with van der Waals surface area (Å²) in [6.45, 7) is 6.96. The van der Waals surface area contributed by atoms with E-state index in [1.165, 1.54) is 21.7 Å². The minimum atomic E-state index is -1.00.